The van der Waals surface area contributed by atoms with E-state index in [2.05, 4.69) is 27.4 Å². The maximum absolute atomic E-state index is 12.0. The number of hydrogen-bond donors (Lipinski definition) is 0. The molecule has 2 nitrogen and oxygen atoms in total. The van der Waals surface area contributed by atoms with Crippen LogP contribution in [-0.4, -0.2) is 12.1 Å². The Morgan fingerprint density at radius 3 is 2.35 bits per heavy atom. The summed E-state index contributed by atoms with van der Waals surface area (Å²) in [6, 6.07) is 0. The van der Waals surface area contributed by atoms with E-state index in [1.165, 1.54) is 5.57 Å². The molecular formula is C15H26O2. The number of carbonyl (C=O) groups is 1. The summed E-state index contributed by atoms with van der Waals surface area (Å²) in [5, 5.41) is 0. The third-order valence-corrected chi connectivity index (χ3v) is 4.46. The molecule has 0 aromatic carbocycles. The van der Waals surface area contributed by atoms with Crippen LogP contribution in [0.25, 0.3) is 0 Å². The van der Waals surface area contributed by atoms with Crippen LogP contribution in [0, 0.1) is 16.7 Å². The lowest BCUT2D eigenvalue weighted by molar-refractivity contribution is -0.183. The maximum Gasteiger partial charge on any atom is 0.311 e. The second-order valence-corrected chi connectivity index (χ2v) is 6.59. The van der Waals surface area contributed by atoms with E-state index in [9.17, 15) is 4.79 Å². The zero-order valence-corrected chi connectivity index (χ0v) is 12.1. The van der Waals surface area contributed by atoms with E-state index < -0.39 is 0 Å². The van der Waals surface area contributed by atoms with Crippen molar-refractivity contribution in [3.63, 3.8) is 0 Å². The van der Waals surface area contributed by atoms with Gasteiger partial charge in [0.1, 0.15) is 6.10 Å². The molecule has 0 heterocycles. The zero-order valence-electron chi connectivity index (χ0n) is 12.1. The second kappa shape index (κ2) is 4.47. The van der Waals surface area contributed by atoms with E-state index in [0.717, 1.165) is 12.8 Å². The summed E-state index contributed by atoms with van der Waals surface area (Å²) in [4.78, 5) is 12.0. The van der Waals surface area contributed by atoms with E-state index in [0.29, 0.717) is 5.92 Å². The van der Waals surface area contributed by atoms with Gasteiger partial charge in [0, 0.05) is 5.41 Å². The molecule has 0 bridgehead atoms. The molecule has 0 saturated heterocycles. The third-order valence-electron chi connectivity index (χ3n) is 4.46. The van der Waals surface area contributed by atoms with Gasteiger partial charge in [0.15, 0.2) is 0 Å². The van der Waals surface area contributed by atoms with Gasteiger partial charge in [-0.15, -0.1) is 0 Å². The topological polar surface area (TPSA) is 26.3 Å². The van der Waals surface area contributed by atoms with Gasteiger partial charge in [0.05, 0.1) is 5.41 Å². The fourth-order valence-corrected chi connectivity index (χ4v) is 2.35. The van der Waals surface area contributed by atoms with Crippen LogP contribution < -0.4 is 0 Å². The zero-order chi connectivity index (χ0) is 13.4. The van der Waals surface area contributed by atoms with E-state index in [1.54, 1.807) is 0 Å². The summed E-state index contributed by atoms with van der Waals surface area (Å²) in [5.74, 6) is 0.406. The highest BCUT2D eigenvalue weighted by atomic mass is 16.5. The Hall–Kier alpha value is -0.790. The largest absolute Gasteiger partial charge is 0.461 e. The summed E-state index contributed by atoms with van der Waals surface area (Å²) in [6.07, 6.45) is 1.78. The van der Waals surface area contributed by atoms with Crippen LogP contribution in [0.4, 0.5) is 0 Å². The Bertz CT molecular complexity index is 326. The van der Waals surface area contributed by atoms with Crippen LogP contribution >= 0.6 is 0 Å². The van der Waals surface area contributed by atoms with E-state index >= 15 is 0 Å². The Morgan fingerprint density at radius 1 is 1.47 bits per heavy atom. The minimum Gasteiger partial charge on any atom is -0.461 e. The predicted molar refractivity (Wildman–Crippen MR) is 70.7 cm³/mol. The average molecular weight is 238 g/mol. The van der Waals surface area contributed by atoms with Crippen LogP contribution in [0.15, 0.2) is 12.2 Å². The standard InChI is InChI=1S/C15H26O2/c1-8-14(4,5)13(16)17-12-9-11(10(2)3)15(12,6)7/h11-12H,2,8-9H2,1,3-7H3. The number of hydrogen-bond acceptors (Lipinski definition) is 2. The molecule has 0 amide bonds. The number of rotatable bonds is 4. The van der Waals surface area contributed by atoms with Crippen molar-refractivity contribution in [1.82, 2.24) is 0 Å². The molecule has 0 radical (unpaired) electrons. The normalized spacial score (nSPS) is 27.2. The second-order valence-electron chi connectivity index (χ2n) is 6.59. The molecule has 1 aliphatic carbocycles. The highest BCUT2D eigenvalue weighted by molar-refractivity contribution is 5.76. The first-order valence-corrected chi connectivity index (χ1v) is 6.49. The van der Waals surface area contributed by atoms with Gasteiger partial charge in [0.25, 0.3) is 0 Å². The fraction of sp³-hybridized carbons (Fsp3) is 0.800. The van der Waals surface area contributed by atoms with Gasteiger partial charge in [-0.05, 0) is 39.5 Å². The SMILES string of the molecule is C=C(C)C1CC(OC(=O)C(C)(C)CC)C1(C)C. The fourth-order valence-electron chi connectivity index (χ4n) is 2.35. The molecule has 0 N–H and O–H groups in total. The number of carbonyl (C=O) groups excluding carboxylic acids is 1. The van der Waals surface area contributed by atoms with Gasteiger partial charge in [0.2, 0.25) is 0 Å². The smallest absolute Gasteiger partial charge is 0.311 e. The summed E-state index contributed by atoms with van der Waals surface area (Å²) in [6.45, 7) is 16.3. The molecule has 0 aromatic rings. The Balaban J connectivity index is 2.63. The number of ether oxygens (including phenoxy) is 1. The van der Waals surface area contributed by atoms with Crippen LogP contribution in [0.2, 0.25) is 0 Å². The minimum atomic E-state index is -0.371. The molecule has 2 unspecified atom stereocenters. The van der Waals surface area contributed by atoms with E-state index in [4.69, 9.17) is 4.74 Å². The van der Waals surface area contributed by atoms with E-state index in [-0.39, 0.29) is 22.9 Å². The summed E-state index contributed by atoms with van der Waals surface area (Å²) >= 11 is 0. The summed E-state index contributed by atoms with van der Waals surface area (Å²) < 4.78 is 5.66. The lowest BCUT2D eigenvalue weighted by Crippen LogP contribution is -2.52. The molecule has 0 aromatic heterocycles. The van der Waals surface area contributed by atoms with Crippen molar-refractivity contribution in [2.45, 2.75) is 60.5 Å². The van der Waals surface area contributed by atoms with Crippen LogP contribution in [0.3, 0.4) is 0 Å². The average Bonchev–Trinajstić information content (AvgIpc) is 2.22. The van der Waals surface area contributed by atoms with Crippen molar-refractivity contribution < 1.29 is 9.53 Å². The van der Waals surface area contributed by atoms with Crippen molar-refractivity contribution in [2.24, 2.45) is 16.7 Å². The highest BCUT2D eigenvalue weighted by Gasteiger charge is 2.51. The van der Waals surface area contributed by atoms with Gasteiger partial charge in [-0.25, -0.2) is 0 Å². The predicted octanol–water partition coefficient (Wildman–Crippen LogP) is 3.96. The molecule has 2 atom stereocenters. The van der Waals surface area contributed by atoms with Crippen LogP contribution in [-0.2, 0) is 9.53 Å². The minimum absolute atomic E-state index is 0.0331. The molecule has 17 heavy (non-hydrogen) atoms. The first kappa shape index (κ1) is 14.3. The Labute approximate surface area is 105 Å². The van der Waals surface area contributed by atoms with Crippen molar-refractivity contribution in [2.75, 3.05) is 0 Å². The molecule has 98 valence electrons. The van der Waals surface area contributed by atoms with Gasteiger partial charge in [-0.2, -0.15) is 0 Å². The molecule has 1 fully saturated rings. The monoisotopic (exact) mass is 238 g/mol. The number of esters is 1. The quantitative estimate of drug-likeness (QED) is 0.547. The first-order chi connectivity index (χ1) is 7.63. The van der Waals surface area contributed by atoms with Crippen molar-refractivity contribution in [1.29, 1.82) is 0 Å². The summed E-state index contributed by atoms with van der Waals surface area (Å²) in [5.41, 5.74) is 0.854. The van der Waals surface area contributed by atoms with Crippen molar-refractivity contribution in [3.05, 3.63) is 12.2 Å². The van der Waals surface area contributed by atoms with Gasteiger partial charge < -0.3 is 4.74 Å². The maximum atomic E-state index is 12.0. The molecular weight excluding hydrogens is 212 g/mol. The molecule has 0 spiro atoms. The van der Waals surface area contributed by atoms with Crippen LogP contribution in [0.1, 0.15) is 54.4 Å². The van der Waals surface area contributed by atoms with Crippen LogP contribution in [0.5, 0.6) is 0 Å². The van der Waals surface area contributed by atoms with Gasteiger partial charge in [-0.3, -0.25) is 4.79 Å². The molecule has 1 saturated carbocycles. The molecule has 1 rings (SSSR count). The first-order valence-electron chi connectivity index (χ1n) is 6.49. The highest BCUT2D eigenvalue weighted by Crippen LogP contribution is 2.51. The number of allylic oxidation sites excluding steroid dienone is 1. The molecule has 0 aliphatic heterocycles. The molecule has 2 heteroatoms. The lowest BCUT2D eigenvalue weighted by atomic mass is 9.58. The van der Waals surface area contributed by atoms with Gasteiger partial charge in [-0.1, -0.05) is 32.9 Å². The van der Waals surface area contributed by atoms with E-state index in [1.807, 2.05) is 20.8 Å². The summed E-state index contributed by atoms with van der Waals surface area (Å²) in [7, 11) is 0. The molecule has 1 aliphatic rings. The Kier molecular flexibility index (Phi) is 3.75. The van der Waals surface area contributed by atoms with Crippen molar-refractivity contribution >= 4 is 5.97 Å². The Morgan fingerprint density at radius 2 is 2.00 bits per heavy atom. The van der Waals surface area contributed by atoms with Crippen molar-refractivity contribution in [3.8, 4) is 0 Å². The third kappa shape index (κ3) is 2.56. The lowest BCUT2D eigenvalue weighted by Gasteiger charge is -2.52. The van der Waals surface area contributed by atoms with Gasteiger partial charge >= 0.3 is 5.97 Å².